The third-order valence-corrected chi connectivity index (χ3v) is 3.28. The predicted octanol–water partition coefficient (Wildman–Crippen LogP) is 2.13. The number of hydrogen-bond acceptors (Lipinski definition) is 2. The van der Waals surface area contributed by atoms with Gasteiger partial charge < -0.3 is 16.0 Å². The Morgan fingerprint density at radius 1 is 1.00 bits per heavy atom. The van der Waals surface area contributed by atoms with Crippen molar-refractivity contribution in [2.75, 3.05) is 7.05 Å². The van der Waals surface area contributed by atoms with Gasteiger partial charge in [-0.1, -0.05) is 42.5 Å². The SMILES string of the molecule is CN(Cc1ccccc1)C(=O)c1ccc(CNC(N)=O)cc1. The molecule has 0 aliphatic heterocycles. The monoisotopic (exact) mass is 297 g/mol. The smallest absolute Gasteiger partial charge is 0.312 e. The van der Waals surface area contributed by atoms with Gasteiger partial charge in [0.2, 0.25) is 0 Å². The lowest BCUT2D eigenvalue weighted by molar-refractivity contribution is 0.0785. The van der Waals surface area contributed by atoms with E-state index in [9.17, 15) is 9.59 Å². The van der Waals surface area contributed by atoms with Gasteiger partial charge in [-0.15, -0.1) is 0 Å². The van der Waals surface area contributed by atoms with Crippen molar-refractivity contribution in [2.24, 2.45) is 5.73 Å². The molecule has 0 saturated carbocycles. The topological polar surface area (TPSA) is 75.4 Å². The van der Waals surface area contributed by atoms with Crippen LogP contribution in [0.2, 0.25) is 0 Å². The lowest BCUT2D eigenvalue weighted by atomic mass is 10.1. The second-order valence-electron chi connectivity index (χ2n) is 5.06. The number of nitrogens with two attached hydrogens (primary N) is 1. The van der Waals surface area contributed by atoms with Crippen LogP contribution in [0.3, 0.4) is 0 Å². The predicted molar refractivity (Wildman–Crippen MR) is 85.1 cm³/mol. The van der Waals surface area contributed by atoms with Gasteiger partial charge in [-0.2, -0.15) is 0 Å². The van der Waals surface area contributed by atoms with E-state index in [1.54, 1.807) is 36.2 Å². The number of rotatable bonds is 5. The maximum absolute atomic E-state index is 12.4. The molecule has 0 fully saturated rings. The minimum atomic E-state index is -0.567. The van der Waals surface area contributed by atoms with Gasteiger partial charge in [-0.25, -0.2) is 4.79 Å². The number of amides is 3. The summed E-state index contributed by atoms with van der Waals surface area (Å²) in [4.78, 5) is 24.7. The maximum atomic E-state index is 12.4. The van der Waals surface area contributed by atoms with E-state index >= 15 is 0 Å². The number of urea groups is 1. The standard InChI is InChI=1S/C17H19N3O2/c1-20(12-14-5-3-2-4-6-14)16(21)15-9-7-13(8-10-15)11-19-17(18)22/h2-10H,11-12H2,1H3,(H3,18,19,22). The Morgan fingerprint density at radius 3 is 2.23 bits per heavy atom. The molecule has 0 spiro atoms. The minimum absolute atomic E-state index is 0.0433. The zero-order chi connectivity index (χ0) is 15.9. The first-order valence-corrected chi connectivity index (χ1v) is 6.98. The summed E-state index contributed by atoms with van der Waals surface area (Å²) in [6, 6.07) is 16.4. The van der Waals surface area contributed by atoms with Gasteiger partial charge in [-0.3, -0.25) is 4.79 Å². The molecule has 0 atom stereocenters. The van der Waals surface area contributed by atoms with E-state index < -0.39 is 6.03 Å². The van der Waals surface area contributed by atoms with Gasteiger partial charge in [0.05, 0.1) is 0 Å². The van der Waals surface area contributed by atoms with Gasteiger partial charge in [-0.05, 0) is 23.3 Å². The molecule has 0 heterocycles. The summed E-state index contributed by atoms with van der Waals surface area (Å²) >= 11 is 0. The van der Waals surface area contributed by atoms with Gasteiger partial charge in [0.15, 0.2) is 0 Å². The molecular formula is C17H19N3O2. The van der Waals surface area contributed by atoms with Crippen LogP contribution in [0.4, 0.5) is 4.79 Å². The van der Waals surface area contributed by atoms with E-state index in [2.05, 4.69) is 5.32 Å². The molecule has 0 aliphatic rings. The van der Waals surface area contributed by atoms with Crippen LogP contribution < -0.4 is 11.1 Å². The second kappa shape index (κ2) is 7.26. The summed E-state index contributed by atoms with van der Waals surface area (Å²) in [5.74, 6) is -0.0433. The molecule has 0 aromatic heterocycles. The summed E-state index contributed by atoms with van der Waals surface area (Å²) in [5.41, 5.74) is 7.61. The van der Waals surface area contributed by atoms with Gasteiger partial charge >= 0.3 is 6.03 Å². The Labute approximate surface area is 129 Å². The van der Waals surface area contributed by atoms with Gasteiger partial charge in [0, 0.05) is 25.7 Å². The van der Waals surface area contributed by atoms with E-state index in [0.717, 1.165) is 11.1 Å². The molecule has 3 amide bonds. The van der Waals surface area contributed by atoms with Crippen molar-refractivity contribution in [1.82, 2.24) is 10.2 Å². The highest BCUT2D eigenvalue weighted by atomic mass is 16.2. The van der Waals surface area contributed by atoms with Crippen molar-refractivity contribution in [3.05, 3.63) is 71.3 Å². The van der Waals surface area contributed by atoms with Crippen LogP contribution in [0.25, 0.3) is 0 Å². The number of primary amides is 1. The Hall–Kier alpha value is -2.82. The van der Waals surface area contributed by atoms with Crippen LogP contribution in [0.5, 0.6) is 0 Å². The molecule has 0 radical (unpaired) electrons. The van der Waals surface area contributed by atoms with Crippen molar-refractivity contribution in [1.29, 1.82) is 0 Å². The zero-order valence-corrected chi connectivity index (χ0v) is 12.5. The molecule has 114 valence electrons. The first-order chi connectivity index (χ1) is 10.6. The molecule has 3 N–H and O–H groups in total. The van der Waals surface area contributed by atoms with E-state index in [1.165, 1.54) is 0 Å². The molecule has 0 aliphatic carbocycles. The molecule has 22 heavy (non-hydrogen) atoms. The lowest BCUT2D eigenvalue weighted by Gasteiger charge is -2.17. The zero-order valence-electron chi connectivity index (χ0n) is 12.5. The molecule has 0 bridgehead atoms. The molecule has 0 unspecified atom stereocenters. The van der Waals surface area contributed by atoms with Crippen LogP contribution >= 0.6 is 0 Å². The van der Waals surface area contributed by atoms with Crippen LogP contribution in [0.1, 0.15) is 21.5 Å². The van der Waals surface area contributed by atoms with Crippen molar-refractivity contribution < 1.29 is 9.59 Å². The lowest BCUT2D eigenvalue weighted by Crippen LogP contribution is -2.28. The molecule has 2 rings (SSSR count). The minimum Gasteiger partial charge on any atom is -0.352 e. The van der Waals surface area contributed by atoms with E-state index in [1.807, 2.05) is 30.3 Å². The first-order valence-electron chi connectivity index (χ1n) is 6.98. The maximum Gasteiger partial charge on any atom is 0.312 e. The summed E-state index contributed by atoms with van der Waals surface area (Å²) in [5, 5.41) is 2.51. The molecule has 0 saturated heterocycles. The number of carbonyl (C=O) groups excluding carboxylic acids is 2. The van der Waals surface area contributed by atoms with Crippen molar-refractivity contribution in [2.45, 2.75) is 13.1 Å². The van der Waals surface area contributed by atoms with E-state index in [0.29, 0.717) is 18.7 Å². The van der Waals surface area contributed by atoms with Gasteiger partial charge in [0.1, 0.15) is 0 Å². The number of nitrogens with zero attached hydrogens (tertiary/aromatic N) is 1. The van der Waals surface area contributed by atoms with E-state index in [4.69, 9.17) is 5.73 Å². The fourth-order valence-electron chi connectivity index (χ4n) is 2.10. The molecule has 5 heteroatoms. The number of nitrogens with one attached hydrogen (secondary N) is 1. The number of benzene rings is 2. The Morgan fingerprint density at radius 2 is 1.64 bits per heavy atom. The Bertz CT molecular complexity index is 639. The summed E-state index contributed by atoms with van der Waals surface area (Å²) in [6.07, 6.45) is 0. The first kappa shape index (κ1) is 15.6. The van der Waals surface area contributed by atoms with Crippen LogP contribution in [-0.4, -0.2) is 23.9 Å². The summed E-state index contributed by atoms with van der Waals surface area (Å²) in [6.45, 7) is 0.911. The van der Waals surface area contributed by atoms with Crippen molar-refractivity contribution >= 4 is 11.9 Å². The highest BCUT2D eigenvalue weighted by molar-refractivity contribution is 5.94. The van der Waals surface area contributed by atoms with Crippen LogP contribution in [0.15, 0.2) is 54.6 Å². The fraction of sp³-hybridized carbons (Fsp3) is 0.176. The second-order valence-corrected chi connectivity index (χ2v) is 5.06. The summed E-state index contributed by atoms with van der Waals surface area (Å²) in [7, 11) is 1.78. The average molecular weight is 297 g/mol. The molecule has 5 nitrogen and oxygen atoms in total. The average Bonchev–Trinajstić information content (AvgIpc) is 2.53. The van der Waals surface area contributed by atoms with E-state index in [-0.39, 0.29) is 5.91 Å². The fourth-order valence-corrected chi connectivity index (χ4v) is 2.10. The molecular weight excluding hydrogens is 278 g/mol. The normalized spacial score (nSPS) is 10.0. The summed E-state index contributed by atoms with van der Waals surface area (Å²) < 4.78 is 0. The van der Waals surface area contributed by atoms with Gasteiger partial charge in [0.25, 0.3) is 5.91 Å². The largest absolute Gasteiger partial charge is 0.352 e. The number of carbonyl (C=O) groups is 2. The number of hydrogen-bond donors (Lipinski definition) is 2. The quantitative estimate of drug-likeness (QED) is 0.887. The molecule has 2 aromatic rings. The highest BCUT2D eigenvalue weighted by Crippen LogP contribution is 2.10. The van der Waals surface area contributed by atoms with Crippen LogP contribution in [0, 0.1) is 0 Å². The van der Waals surface area contributed by atoms with Crippen LogP contribution in [-0.2, 0) is 13.1 Å². The third-order valence-electron chi connectivity index (χ3n) is 3.28. The Kier molecular flexibility index (Phi) is 5.14. The highest BCUT2D eigenvalue weighted by Gasteiger charge is 2.11. The molecule has 2 aromatic carbocycles. The van der Waals surface area contributed by atoms with Crippen molar-refractivity contribution in [3.63, 3.8) is 0 Å². The third kappa shape index (κ3) is 4.34. The Balaban J connectivity index is 1.98. The van der Waals surface area contributed by atoms with Crippen molar-refractivity contribution in [3.8, 4) is 0 Å².